The molecule has 0 unspecified atom stereocenters. The van der Waals surface area contributed by atoms with Crippen molar-refractivity contribution in [3.63, 3.8) is 0 Å². The van der Waals surface area contributed by atoms with Crippen LogP contribution in [0.3, 0.4) is 0 Å². The van der Waals surface area contributed by atoms with Crippen molar-refractivity contribution in [2.45, 2.75) is 0 Å². The molecule has 0 aliphatic rings. The van der Waals surface area contributed by atoms with E-state index in [9.17, 15) is 3.50 Å². The molecule has 0 aliphatic carbocycles. The summed E-state index contributed by atoms with van der Waals surface area (Å²) < 4.78 is 11.2. The molecule has 0 fully saturated rings. The minimum absolute atomic E-state index is 4.08. The molecule has 0 nitrogen and oxygen atoms in total. The molecular formula is Cl3FGe. The van der Waals surface area contributed by atoms with Crippen molar-refractivity contribution in [2.24, 2.45) is 0 Å². The van der Waals surface area contributed by atoms with Gasteiger partial charge in [-0.1, -0.05) is 0 Å². The second-order valence-electron chi connectivity index (χ2n) is 0.429. The van der Waals surface area contributed by atoms with Crippen LogP contribution in [0.5, 0.6) is 0 Å². The molecule has 0 rings (SSSR count). The van der Waals surface area contributed by atoms with Crippen molar-refractivity contribution < 1.29 is 3.50 Å². The Hall–Kier alpha value is 1.34. The molecule has 0 aromatic rings. The van der Waals surface area contributed by atoms with Gasteiger partial charge in [0.25, 0.3) is 0 Å². The molecule has 0 aliphatic heterocycles. The fourth-order valence-electron chi connectivity index (χ4n) is 0. The maximum atomic E-state index is 11.2. The average Bonchev–Trinajstić information content (AvgIpc) is 0.722. The van der Waals surface area contributed by atoms with Gasteiger partial charge in [0.05, 0.1) is 0 Å². The van der Waals surface area contributed by atoms with Crippen LogP contribution in [0.2, 0.25) is 0 Å². The zero-order chi connectivity index (χ0) is 4.50. The van der Waals surface area contributed by atoms with E-state index in [1.165, 1.54) is 0 Å². The third-order valence-electron chi connectivity index (χ3n) is 0. The molecule has 0 amide bonds. The predicted octanol–water partition coefficient (Wildman–Crippen LogP) is 2.11. The van der Waals surface area contributed by atoms with Crippen LogP contribution in [0.4, 0.5) is 3.50 Å². The van der Waals surface area contributed by atoms with Gasteiger partial charge in [-0.05, 0) is 0 Å². The summed E-state index contributed by atoms with van der Waals surface area (Å²) in [5.74, 6) is 0. The van der Waals surface area contributed by atoms with E-state index < -0.39 is 10.9 Å². The monoisotopic (exact) mass is 198 g/mol. The molecule has 32 valence electrons. The molecule has 0 heterocycles. The van der Waals surface area contributed by atoms with Gasteiger partial charge in [0.1, 0.15) is 0 Å². The van der Waals surface area contributed by atoms with Crippen LogP contribution >= 0.6 is 30.0 Å². The fourth-order valence-corrected chi connectivity index (χ4v) is 0. The van der Waals surface area contributed by atoms with E-state index in [0.717, 1.165) is 0 Å². The molecule has 0 saturated heterocycles. The Bertz CT molecular complexity index is 22.4. The summed E-state index contributed by atoms with van der Waals surface area (Å²) in [6, 6.07) is 0. The van der Waals surface area contributed by atoms with Gasteiger partial charge in [0.15, 0.2) is 0 Å². The Labute approximate surface area is 44.6 Å². The number of rotatable bonds is 0. The van der Waals surface area contributed by atoms with Gasteiger partial charge in [-0.25, -0.2) is 0 Å². The Morgan fingerprint density at radius 1 is 1.20 bits per heavy atom. The topological polar surface area (TPSA) is 0 Å². The van der Waals surface area contributed by atoms with Crippen molar-refractivity contribution >= 4 is 41.0 Å². The van der Waals surface area contributed by atoms with Crippen molar-refractivity contribution in [3.8, 4) is 0 Å². The van der Waals surface area contributed by atoms with Gasteiger partial charge in [-0.2, -0.15) is 0 Å². The summed E-state index contributed by atoms with van der Waals surface area (Å²) in [6.45, 7) is 0. The average molecular weight is 198 g/mol. The maximum absolute atomic E-state index is 11.2. The molecular weight excluding hydrogens is 198 g/mol. The second kappa shape index (κ2) is 1.87. The zero-order valence-corrected chi connectivity index (χ0v) is 6.38. The van der Waals surface area contributed by atoms with E-state index >= 15 is 0 Å². The Kier molecular flexibility index (Phi) is 2.37. The molecule has 0 spiro atoms. The first-order chi connectivity index (χ1) is 2.00. The number of hydrogen-bond acceptors (Lipinski definition) is 0. The molecule has 0 aromatic carbocycles. The molecule has 0 N–H and O–H groups in total. The van der Waals surface area contributed by atoms with Crippen LogP contribution in [0.15, 0.2) is 0 Å². The van der Waals surface area contributed by atoms with Gasteiger partial charge in [-0.3, -0.25) is 0 Å². The number of halogens is 4. The van der Waals surface area contributed by atoms with Crippen molar-refractivity contribution in [2.75, 3.05) is 0 Å². The zero-order valence-electron chi connectivity index (χ0n) is 2.01. The summed E-state index contributed by atoms with van der Waals surface area (Å²) in [4.78, 5) is 0. The predicted molar refractivity (Wildman–Crippen MR) is 24.4 cm³/mol. The summed E-state index contributed by atoms with van der Waals surface area (Å²) in [5, 5.41) is 0. The number of hydrogen-bond donors (Lipinski definition) is 0. The van der Waals surface area contributed by atoms with Crippen molar-refractivity contribution in [1.29, 1.82) is 0 Å². The van der Waals surface area contributed by atoms with E-state index in [2.05, 4.69) is 30.0 Å². The first kappa shape index (κ1) is 6.34. The van der Waals surface area contributed by atoms with E-state index in [4.69, 9.17) is 0 Å². The Morgan fingerprint density at radius 3 is 1.20 bits per heavy atom. The molecule has 0 radical (unpaired) electrons. The third kappa shape index (κ3) is 33.1. The SMILES string of the molecule is [F][Ge]([Cl])([Cl])[Cl]. The van der Waals surface area contributed by atoms with Gasteiger partial charge in [-0.15, -0.1) is 0 Å². The van der Waals surface area contributed by atoms with Crippen molar-refractivity contribution in [3.05, 3.63) is 0 Å². The quantitative estimate of drug-likeness (QED) is 0.523. The Morgan fingerprint density at radius 2 is 1.20 bits per heavy atom. The molecule has 0 bridgehead atoms. The van der Waals surface area contributed by atoms with Crippen LogP contribution in [0, 0.1) is 0 Å². The van der Waals surface area contributed by atoms with Crippen LogP contribution in [0.25, 0.3) is 0 Å². The van der Waals surface area contributed by atoms with E-state index in [1.807, 2.05) is 0 Å². The minimum atomic E-state index is -4.08. The van der Waals surface area contributed by atoms with Gasteiger partial charge in [0, 0.05) is 0 Å². The van der Waals surface area contributed by atoms with Gasteiger partial charge in [0.2, 0.25) is 0 Å². The standard InChI is InChI=1S/Cl3FGe/c1-5(2,3)4. The molecule has 5 heteroatoms. The van der Waals surface area contributed by atoms with Crippen molar-refractivity contribution in [1.82, 2.24) is 0 Å². The van der Waals surface area contributed by atoms with Crippen LogP contribution < -0.4 is 0 Å². The second-order valence-corrected chi connectivity index (χ2v) is 13.4. The molecule has 0 aromatic heterocycles. The summed E-state index contributed by atoms with van der Waals surface area (Å²) >= 11 is 0. The fraction of sp³-hybridized carbons (Fsp3) is 0. The molecule has 0 atom stereocenters. The van der Waals surface area contributed by atoms with Crippen LogP contribution in [0.1, 0.15) is 0 Å². The van der Waals surface area contributed by atoms with Gasteiger partial charge >= 0.3 is 44.5 Å². The van der Waals surface area contributed by atoms with E-state index in [-0.39, 0.29) is 0 Å². The molecule has 0 saturated carbocycles. The molecule has 5 heavy (non-hydrogen) atoms. The van der Waals surface area contributed by atoms with Gasteiger partial charge < -0.3 is 0 Å². The first-order valence-corrected chi connectivity index (χ1v) is 9.82. The van der Waals surface area contributed by atoms with E-state index in [0.29, 0.717) is 0 Å². The summed E-state index contributed by atoms with van der Waals surface area (Å²) in [7, 11) is 9.66. The van der Waals surface area contributed by atoms with Crippen LogP contribution in [-0.4, -0.2) is 10.9 Å². The Balaban J connectivity index is 3.02. The summed E-state index contributed by atoms with van der Waals surface area (Å²) in [6.07, 6.45) is 0. The normalized spacial score (nSPS) is 12.0. The third-order valence-corrected chi connectivity index (χ3v) is 0. The summed E-state index contributed by atoms with van der Waals surface area (Å²) in [5.41, 5.74) is 0. The van der Waals surface area contributed by atoms with Crippen LogP contribution in [-0.2, 0) is 0 Å². The first-order valence-electron chi connectivity index (χ1n) is 0.756. The van der Waals surface area contributed by atoms with E-state index in [1.54, 1.807) is 0 Å².